The monoisotopic (exact) mass is 604 g/mol. The molecule has 2 heterocycles. The lowest BCUT2D eigenvalue weighted by molar-refractivity contribution is -0.139. The van der Waals surface area contributed by atoms with Gasteiger partial charge in [-0.3, -0.25) is 24.1 Å². The lowest BCUT2D eigenvalue weighted by Gasteiger charge is -2.32. The van der Waals surface area contributed by atoms with Crippen molar-refractivity contribution in [2.24, 2.45) is 0 Å². The molecule has 3 amide bonds. The second kappa shape index (κ2) is 13.5. The number of carboxylic acid groups (broad SMARTS) is 1. The van der Waals surface area contributed by atoms with Crippen LogP contribution >= 0.6 is 11.6 Å². The summed E-state index contributed by atoms with van der Waals surface area (Å²) < 4.78 is 23.6. The molecule has 1 atom stereocenters. The number of halogens is 1. The fourth-order valence-electron chi connectivity index (χ4n) is 4.88. The molecule has 2 fully saturated rings. The summed E-state index contributed by atoms with van der Waals surface area (Å²) in [6.45, 7) is 1.77. The summed E-state index contributed by atoms with van der Waals surface area (Å²) in [7, 11) is -3.08. The zero-order valence-electron chi connectivity index (χ0n) is 22.5. The van der Waals surface area contributed by atoms with Crippen LogP contribution in [-0.2, 0) is 24.2 Å². The van der Waals surface area contributed by atoms with Crippen LogP contribution in [0.1, 0.15) is 36.0 Å². The van der Waals surface area contributed by atoms with E-state index in [1.165, 1.54) is 17.0 Å². The van der Waals surface area contributed by atoms with E-state index in [0.717, 1.165) is 12.8 Å². The molecule has 11 nitrogen and oxygen atoms in total. The van der Waals surface area contributed by atoms with Gasteiger partial charge in [0, 0.05) is 61.1 Å². The van der Waals surface area contributed by atoms with Crippen molar-refractivity contribution < 1.29 is 32.7 Å². The Morgan fingerprint density at radius 1 is 0.976 bits per heavy atom. The molecule has 0 spiro atoms. The molecule has 2 aliphatic rings. The largest absolute Gasteiger partial charge is 0.481 e. The fraction of sp³-hybridized carbons (Fsp3) is 0.429. The third-order valence-electron chi connectivity index (χ3n) is 7.23. The average molecular weight is 605 g/mol. The minimum atomic E-state index is -3.08. The highest BCUT2D eigenvalue weighted by Gasteiger charge is 2.31. The molecule has 2 saturated heterocycles. The third-order valence-corrected chi connectivity index (χ3v) is 9.09. The highest BCUT2D eigenvalue weighted by atomic mass is 35.5. The number of nitrogens with zero attached hydrogens (tertiary/aromatic N) is 3. The number of hydrogen-bond acceptors (Lipinski definition) is 7. The van der Waals surface area contributed by atoms with Crippen LogP contribution in [0.5, 0.6) is 0 Å². The number of aliphatic carboxylic acids is 1. The molecular weight excluding hydrogens is 572 g/mol. The predicted molar refractivity (Wildman–Crippen MR) is 155 cm³/mol. The maximum atomic E-state index is 13.8. The molecule has 2 N–H and O–H groups in total. The lowest BCUT2D eigenvalue weighted by atomic mass is 10.1. The molecule has 2 aliphatic heterocycles. The maximum absolute atomic E-state index is 13.8. The van der Waals surface area contributed by atoms with Crippen molar-refractivity contribution >= 4 is 56.5 Å². The van der Waals surface area contributed by atoms with Crippen molar-refractivity contribution in [3.63, 3.8) is 0 Å². The van der Waals surface area contributed by atoms with Crippen LogP contribution in [0.25, 0.3) is 0 Å². The Bertz CT molecular complexity index is 1370. The standard InChI is InChI=1S/C28H33ClN4O7S/c29-21-6-10-23(11-7-21)33(14-13-31-15-17-41(39,40)18-16-31)28(38)24(19-26(35)36)30-27(37)20-4-8-22(9-5-20)32-12-2-1-3-25(32)34/h4-11,24H,1-3,12-19H2,(H,30,37)(H,35,36)/t24-/m0/s1. The summed E-state index contributed by atoms with van der Waals surface area (Å²) >= 11 is 6.03. The van der Waals surface area contributed by atoms with Crippen molar-refractivity contribution in [1.82, 2.24) is 10.2 Å². The van der Waals surface area contributed by atoms with Gasteiger partial charge >= 0.3 is 5.97 Å². The Hall–Kier alpha value is -3.48. The number of carbonyl (C=O) groups is 4. The number of piperidine rings is 1. The van der Waals surface area contributed by atoms with E-state index in [-0.39, 0.29) is 29.5 Å². The number of anilines is 2. The van der Waals surface area contributed by atoms with Crippen LogP contribution in [-0.4, -0.2) is 92.4 Å². The first-order valence-electron chi connectivity index (χ1n) is 13.5. The predicted octanol–water partition coefficient (Wildman–Crippen LogP) is 2.19. The zero-order valence-corrected chi connectivity index (χ0v) is 24.1. The number of sulfone groups is 1. The van der Waals surface area contributed by atoms with E-state index in [1.807, 2.05) is 4.90 Å². The van der Waals surface area contributed by atoms with E-state index in [2.05, 4.69) is 5.32 Å². The van der Waals surface area contributed by atoms with Crippen molar-refractivity contribution in [1.29, 1.82) is 0 Å². The number of benzene rings is 2. The van der Waals surface area contributed by atoms with E-state index in [4.69, 9.17) is 11.6 Å². The quantitative estimate of drug-likeness (QED) is 0.420. The number of amides is 3. The molecule has 2 aromatic carbocycles. The van der Waals surface area contributed by atoms with Gasteiger partial charge in [0.1, 0.15) is 6.04 Å². The smallest absolute Gasteiger partial charge is 0.305 e. The van der Waals surface area contributed by atoms with Gasteiger partial charge in [0.05, 0.1) is 17.9 Å². The summed E-state index contributed by atoms with van der Waals surface area (Å²) in [4.78, 5) is 55.8. The minimum absolute atomic E-state index is 0.0223. The van der Waals surface area contributed by atoms with Crippen molar-refractivity contribution in [2.75, 3.05) is 54.0 Å². The van der Waals surface area contributed by atoms with Gasteiger partial charge in [0.2, 0.25) is 11.8 Å². The first kappa shape index (κ1) is 30.5. The summed E-state index contributed by atoms with van der Waals surface area (Å²) in [5.41, 5.74) is 1.35. The van der Waals surface area contributed by atoms with Crippen LogP contribution in [0.2, 0.25) is 5.02 Å². The second-order valence-electron chi connectivity index (χ2n) is 10.1. The van der Waals surface area contributed by atoms with Crippen LogP contribution in [0.15, 0.2) is 48.5 Å². The fourth-order valence-corrected chi connectivity index (χ4v) is 6.28. The number of rotatable bonds is 10. The van der Waals surface area contributed by atoms with Gasteiger partial charge in [-0.25, -0.2) is 8.42 Å². The van der Waals surface area contributed by atoms with Crippen LogP contribution < -0.4 is 15.1 Å². The summed E-state index contributed by atoms with van der Waals surface area (Å²) in [5.74, 6) is -2.43. The molecule has 41 heavy (non-hydrogen) atoms. The number of carboxylic acids is 1. The minimum Gasteiger partial charge on any atom is -0.481 e. The Morgan fingerprint density at radius 2 is 1.63 bits per heavy atom. The maximum Gasteiger partial charge on any atom is 0.305 e. The van der Waals surface area contributed by atoms with Gasteiger partial charge in [0.25, 0.3) is 5.91 Å². The number of nitrogens with one attached hydrogen (secondary N) is 1. The zero-order chi connectivity index (χ0) is 29.6. The molecule has 220 valence electrons. The third kappa shape index (κ3) is 8.27. The topological polar surface area (TPSA) is 144 Å². The van der Waals surface area contributed by atoms with Crippen molar-refractivity contribution in [2.45, 2.75) is 31.7 Å². The Balaban J connectivity index is 1.50. The Morgan fingerprint density at radius 3 is 2.24 bits per heavy atom. The normalized spacial score (nSPS) is 18.0. The number of hydrogen-bond donors (Lipinski definition) is 2. The van der Waals surface area contributed by atoms with E-state index in [0.29, 0.717) is 49.0 Å². The van der Waals surface area contributed by atoms with Gasteiger partial charge in [-0.1, -0.05) is 11.6 Å². The van der Waals surface area contributed by atoms with Gasteiger partial charge in [-0.15, -0.1) is 0 Å². The molecule has 0 radical (unpaired) electrons. The highest BCUT2D eigenvalue weighted by Crippen LogP contribution is 2.22. The molecule has 0 saturated carbocycles. The molecule has 4 rings (SSSR count). The van der Waals surface area contributed by atoms with Crippen LogP contribution in [0.4, 0.5) is 11.4 Å². The first-order chi connectivity index (χ1) is 19.5. The van der Waals surface area contributed by atoms with E-state index < -0.39 is 40.1 Å². The van der Waals surface area contributed by atoms with Gasteiger partial charge in [-0.05, 0) is 61.4 Å². The molecule has 0 aliphatic carbocycles. The molecule has 0 bridgehead atoms. The Labute approximate surface area is 244 Å². The number of carbonyl (C=O) groups excluding carboxylic acids is 3. The van der Waals surface area contributed by atoms with Crippen LogP contribution in [0.3, 0.4) is 0 Å². The molecule has 0 unspecified atom stereocenters. The van der Waals surface area contributed by atoms with E-state index in [9.17, 15) is 32.7 Å². The molecule has 13 heteroatoms. The molecule has 0 aromatic heterocycles. The van der Waals surface area contributed by atoms with E-state index in [1.54, 1.807) is 41.3 Å². The highest BCUT2D eigenvalue weighted by molar-refractivity contribution is 7.91. The van der Waals surface area contributed by atoms with Gasteiger partial charge in [0.15, 0.2) is 9.84 Å². The Kier molecular flexibility index (Phi) is 10.0. The molecule has 2 aromatic rings. The van der Waals surface area contributed by atoms with Gasteiger partial charge < -0.3 is 20.2 Å². The summed E-state index contributed by atoms with van der Waals surface area (Å²) in [6.07, 6.45) is 1.58. The van der Waals surface area contributed by atoms with Crippen molar-refractivity contribution in [3.05, 3.63) is 59.1 Å². The second-order valence-corrected chi connectivity index (χ2v) is 12.9. The summed E-state index contributed by atoms with van der Waals surface area (Å²) in [5, 5.41) is 12.6. The SMILES string of the molecule is O=C(O)C[C@H](NC(=O)c1ccc(N2CCCCC2=O)cc1)C(=O)N(CCN1CCS(=O)(=O)CC1)c1ccc(Cl)cc1. The van der Waals surface area contributed by atoms with Crippen LogP contribution in [0, 0.1) is 0 Å². The first-order valence-corrected chi connectivity index (χ1v) is 15.7. The summed E-state index contributed by atoms with van der Waals surface area (Å²) in [6, 6.07) is 11.5. The van der Waals surface area contributed by atoms with Crippen molar-refractivity contribution in [3.8, 4) is 0 Å². The lowest BCUT2D eigenvalue weighted by Crippen LogP contribution is -2.52. The average Bonchev–Trinajstić information content (AvgIpc) is 2.94. The van der Waals surface area contributed by atoms with Gasteiger partial charge in [-0.2, -0.15) is 0 Å². The molecular formula is C28H33ClN4O7S. The van der Waals surface area contributed by atoms with E-state index >= 15 is 0 Å².